The molecule has 1 heterocycles. The number of carbonyl (C=O) groups is 2. The summed E-state index contributed by atoms with van der Waals surface area (Å²) >= 11 is 0. The molecule has 1 aromatic carbocycles. The quantitative estimate of drug-likeness (QED) is 0.853. The third-order valence-electron chi connectivity index (χ3n) is 2.51. The molecule has 0 atom stereocenters. The molecule has 1 aliphatic rings. The van der Waals surface area contributed by atoms with Crippen LogP contribution in [-0.4, -0.2) is 23.2 Å². The van der Waals surface area contributed by atoms with Gasteiger partial charge in [-0.05, 0) is 24.1 Å². The van der Waals surface area contributed by atoms with Crippen molar-refractivity contribution in [1.29, 1.82) is 0 Å². The summed E-state index contributed by atoms with van der Waals surface area (Å²) in [6, 6.07) is 7.19. The average Bonchev–Trinajstić information content (AvgIpc) is 2.73. The highest BCUT2D eigenvalue weighted by atomic mass is 16.4. The summed E-state index contributed by atoms with van der Waals surface area (Å²) in [5.41, 5.74) is 1.65. The number of benzene rings is 1. The maximum Gasteiger partial charge on any atom is 0.303 e. The number of aryl methyl sites for hydroxylation is 1. The Bertz CT molecular complexity index is 465. The van der Waals surface area contributed by atoms with E-state index in [1.54, 1.807) is 18.3 Å². The Morgan fingerprint density at radius 2 is 2.06 bits per heavy atom. The molecule has 2 rings (SSSR count). The van der Waals surface area contributed by atoms with Crippen LogP contribution in [0.1, 0.15) is 18.4 Å². The number of hydrogen-bond acceptors (Lipinski definition) is 3. The molecule has 5 nitrogen and oxygen atoms in total. The molecular weight excluding hydrogens is 220 g/mol. The molecule has 0 fully saturated rings. The third kappa shape index (κ3) is 2.69. The Morgan fingerprint density at radius 3 is 2.59 bits per heavy atom. The molecule has 5 heteroatoms. The minimum absolute atomic E-state index is 0.0525. The predicted octanol–water partition coefficient (Wildman–Crippen LogP) is 1.43. The van der Waals surface area contributed by atoms with E-state index in [0.717, 1.165) is 5.56 Å². The SMILES string of the molecule is O=C(O)CCc1ccc(N2N=CCC2=O)cc1. The van der Waals surface area contributed by atoms with Crippen molar-refractivity contribution in [2.75, 3.05) is 5.01 Å². The Balaban J connectivity index is 2.05. The molecular formula is C12H12N2O3. The lowest BCUT2D eigenvalue weighted by atomic mass is 10.1. The van der Waals surface area contributed by atoms with E-state index in [4.69, 9.17) is 5.11 Å². The van der Waals surface area contributed by atoms with Gasteiger partial charge in [-0.15, -0.1) is 0 Å². The molecule has 17 heavy (non-hydrogen) atoms. The van der Waals surface area contributed by atoms with E-state index in [2.05, 4.69) is 5.10 Å². The number of hydrazone groups is 1. The number of aliphatic carboxylic acids is 1. The first kappa shape index (κ1) is 11.3. The third-order valence-corrected chi connectivity index (χ3v) is 2.51. The lowest BCUT2D eigenvalue weighted by molar-refractivity contribution is -0.137. The maximum absolute atomic E-state index is 11.4. The first-order valence-corrected chi connectivity index (χ1v) is 5.33. The average molecular weight is 232 g/mol. The largest absolute Gasteiger partial charge is 0.481 e. The number of hydrogen-bond donors (Lipinski definition) is 1. The molecule has 1 N–H and O–H groups in total. The highest BCUT2D eigenvalue weighted by Gasteiger charge is 2.18. The lowest BCUT2D eigenvalue weighted by Crippen LogP contribution is -2.19. The maximum atomic E-state index is 11.4. The van der Waals surface area contributed by atoms with Gasteiger partial charge in [0.05, 0.1) is 12.1 Å². The van der Waals surface area contributed by atoms with E-state index in [1.807, 2.05) is 12.1 Å². The van der Waals surface area contributed by atoms with Gasteiger partial charge in [0.15, 0.2) is 0 Å². The molecule has 0 aromatic heterocycles. The minimum Gasteiger partial charge on any atom is -0.481 e. The minimum atomic E-state index is -0.812. The van der Waals surface area contributed by atoms with Crippen LogP contribution in [-0.2, 0) is 16.0 Å². The molecule has 0 aliphatic carbocycles. The summed E-state index contributed by atoms with van der Waals surface area (Å²) in [5, 5.41) is 13.9. The second kappa shape index (κ2) is 4.78. The molecule has 0 radical (unpaired) electrons. The van der Waals surface area contributed by atoms with Gasteiger partial charge in [0.25, 0.3) is 5.91 Å². The number of nitrogens with zero attached hydrogens (tertiary/aromatic N) is 2. The van der Waals surface area contributed by atoms with Gasteiger partial charge in [0, 0.05) is 12.6 Å². The van der Waals surface area contributed by atoms with Crippen molar-refractivity contribution < 1.29 is 14.7 Å². The van der Waals surface area contributed by atoms with Gasteiger partial charge in [-0.3, -0.25) is 9.59 Å². The standard InChI is InChI=1S/C12H12N2O3/c15-11-7-8-13-14(11)10-4-1-9(2-5-10)3-6-12(16)17/h1-2,4-5,8H,3,6-7H2,(H,16,17). The number of carboxylic acids is 1. The zero-order valence-electron chi connectivity index (χ0n) is 9.17. The second-order valence-electron chi connectivity index (χ2n) is 3.77. The zero-order chi connectivity index (χ0) is 12.3. The summed E-state index contributed by atoms with van der Waals surface area (Å²) in [7, 11) is 0. The summed E-state index contributed by atoms with van der Waals surface area (Å²) in [6.07, 6.45) is 2.51. The van der Waals surface area contributed by atoms with Gasteiger partial charge in [-0.25, -0.2) is 5.01 Å². The topological polar surface area (TPSA) is 70.0 Å². The van der Waals surface area contributed by atoms with Crippen LogP contribution in [0.3, 0.4) is 0 Å². The van der Waals surface area contributed by atoms with Crippen LogP contribution >= 0.6 is 0 Å². The smallest absolute Gasteiger partial charge is 0.303 e. The Labute approximate surface area is 98.4 Å². The molecule has 0 saturated heterocycles. The van der Waals surface area contributed by atoms with Gasteiger partial charge in [0.2, 0.25) is 0 Å². The zero-order valence-corrected chi connectivity index (χ0v) is 9.17. The number of rotatable bonds is 4. The van der Waals surface area contributed by atoms with Crippen LogP contribution in [0, 0.1) is 0 Å². The fraction of sp³-hybridized carbons (Fsp3) is 0.250. The van der Waals surface area contributed by atoms with Gasteiger partial charge in [-0.2, -0.15) is 5.10 Å². The first-order valence-electron chi connectivity index (χ1n) is 5.33. The van der Waals surface area contributed by atoms with Crippen LogP contribution in [0.4, 0.5) is 5.69 Å². The molecule has 0 saturated carbocycles. The van der Waals surface area contributed by atoms with Crippen LogP contribution in [0.25, 0.3) is 0 Å². The molecule has 88 valence electrons. The van der Waals surface area contributed by atoms with Gasteiger partial charge >= 0.3 is 5.97 Å². The van der Waals surface area contributed by atoms with Crippen LogP contribution in [0.5, 0.6) is 0 Å². The summed E-state index contributed by atoms with van der Waals surface area (Å²) < 4.78 is 0. The molecule has 1 aliphatic heterocycles. The summed E-state index contributed by atoms with van der Waals surface area (Å²) in [4.78, 5) is 21.8. The monoisotopic (exact) mass is 232 g/mol. The number of carboxylic acid groups (broad SMARTS) is 1. The van der Waals surface area contributed by atoms with Crippen molar-refractivity contribution in [3.63, 3.8) is 0 Å². The van der Waals surface area contributed by atoms with Gasteiger partial charge in [0.1, 0.15) is 0 Å². The summed E-state index contributed by atoms with van der Waals surface area (Å²) in [6.45, 7) is 0. The van der Waals surface area contributed by atoms with Crippen LogP contribution in [0.2, 0.25) is 0 Å². The van der Waals surface area contributed by atoms with E-state index < -0.39 is 5.97 Å². The van der Waals surface area contributed by atoms with Gasteiger partial charge in [-0.1, -0.05) is 12.1 Å². The normalized spacial score (nSPS) is 14.4. The van der Waals surface area contributed by atoms with Crippen molar-refractivity contribution in [3.05, 3.63) is 29.8 Å². The van der Waals surface area contributed by atoms with Gasteiger partial charge < -0.3 is 5.11 Å². The molecule has 0 unspecified atom stereocenters. The van der Waals surface area contributed by atoms with E-state index in [9.17, 15) is 9.59 Å². The Kier molecular flexibility index (Phi) is 3.18. The molecule has 0 bridgehead atoms. The fourth-order valence-corrected chi connectivity index (χ4v) is 1.62. The van der Waals surface area contributed by atoms with Crippen molar-refractivity contribution in [2.24, 2.45) is 5.10 Å². The number of amides is 1. The Hall–Kier alpha value is -2.17. The predicted molar refractivity (Wildman–Crippen MR) is 63.0 cm³/mol. The van der Waals surface area contributed by atoms with Crippen molar-refractivity contribution in [1.82, 2.24) is 0 Å². The van der Waals surface area contributed by atoms with E-state index in [0.29, 0.717) is 18.5 Å². The lowest BCUT2D eigenvalue weighted by Gasteiger charge is -2.11. The Morgan fingerprint density at radius 1 is 1.35 bits per heavy atom. The van der Waals surface area contributed by atoms with E-state index in [-0.39, 0.29) is 12.3 Å². The molecule has 1 amide bonds. The highest BCUT2D eigenvalue weighted by Crippen LogP contribution is 2.19. The summed E-state index contributed by atoms with van der Waals surface area (Å²) in [5.74, 6) is -0.864. The van der Waals surface area contributed by atoms with E-state index in [1.165, 1.54) is 5.01 Å². The molecule has 1 aromatic rings. The number of anilines is 1. The highest BCUT2D eigenvalue weighted by molar-refractivity contribution is 6.05. The van der Waals surface area contributed by atoms with Crippen molar-refractivity contribution >= 4 is 23.8 Å². The van der Waals surface area contributed by atoms with E-state index >= 15 is 0 Å². The fourth-order valence-electron chi connectivity index (χ4n) is 1.62. The van der Waals surface area contributed by atoms with Crippen molar-refractivity contribution in [3.8, 4) is 0 Å². The second-order valence-corrected chi connectivity index (χ2v) is 3.77. The van der Waals surface area contributed by atoms with Crippen LogP contribution in [0.15, 0.2) is 29.4 Å². The first-order chi connectivity index (χ1) is 8.16. The van der Waals surface area contributed by atoms with Crippen molar-refractivity contribution in [2.45, 2.75) is 19.3 Å². The number of carbonyl (C=O) groups excluding carboxylic acids is 1. The van der Waals surface area contributed by atoms with Crippen LogP contribution < -0.4 is 5.01 Å². The molecule has 0 spiro atoms.